The van der Waals surface area contributed by atoms with Crippen molar-refractivity contribution in [2.75, 3.05) is 24.4 Å². The van der Waals surface area contributed by atoms with Crippen molar-refractivity contribution in [3.05, 3.63) is 35.7 Å². The van der Waals surface area contributed by atoms with Crippen LogP contribution in [0.1, 0.15) is 11.3 Å². The fraction of sp³-hybridized carbons (Fsp3) is 0.235. The first kappa shape index (κ1) is 18.1. The van der Waals surface area contributed by atoms with E-state index >= 15 is 0 Å². The maximum Gasteiger partial charge on any atom is 0.412 e. The summed E-state index contributed by atoms with van der Waals surface area (Å²) in [6.07, 6.45) is 0.880. The lowest BCUT2D eigenvalue weighted by atomic mass is 10.2. The number of carbonyl (C=O) groups is 1. The number of nitrogens with zero attached hydrogens (tertiary/aromatic N) is 6. The van der Waals surface area contributed by atoms with Crippen LogP contribution in [0.4, 0.5) is 26.5 Å². The third-order valence-electron chi connectivity index (χ3n) is 4.04. The second kappa shape index (κ2) is 6.87. The van der Waals surface area contributed by atoms with Gasteiger partial charge in [0.05, 0.1) is 19.0 Å². The number of hydrogen-bond acceptors (Lipinski definition) is 7. The number of amides is 1. The molecule has 1 amide bonds. The van der Waals surface area contributed by atoms with Crippen LogP contribution in [0, 0.1) is 24.2 Å². The lowest BCUT2D eigenvalue weighted by molar-refractivity contribution is 0.187. The number of ether oxygens (including phenoxy) is 1. The zero-order valence-corrected chi connectivity index (χ0v) is 15.1. The van der Waals surface area contributed by atoms with E-state index in [2.05, 4.69) is 25.0 Å². The maximum atomic E-state index is 14.5. The van der Waals surface area contributed by atoms with E-state index in [4.69, 9.17) is 5.26 Å². The van der Waals surface area contributed by atoms with Crippen molar-refractivity contribution in [3.8, 4) is 6.07 Å². The number of imidazole rings is 1. The molecule has 3 heterocycles. The van der Waals surface area contributed by atoms with Gasteiger partial charge in [0, 0.05) is 20.2 Å². The Morgan fingerprint density at radius 3 is 2.78 bits per heavy atom. The summed E-state index contributed by atoms with van der Waals surface area (Å²) in [5, 5.41) is 11.4. The lowest BCUT2D eigenvalue weighted by Gasteiger charge is -2.21. The maximum absolute atomic E-state index is 14.5. The van der Waals surface area contributed by atoms with E-state index in [1.807, 2.05) is 6.07 Å². The number of nitriles is 1. The average molecular weight is 369 g/mol. The van der Waals surface area contributed by atoms with Gasteiger partial charge in [-0.1, -0.05) is 0 Å². The molecule has 138 valence electrons. The topological polar surface area (TPSA) is 109 Å². The highest BCUT2D eigenvalue weighted by Crippen LogP contribution is 2.32. The van der Waals surface area contributed by atoms with E-state index in [9.17, 15) is 9.18 Å². The summed E-state index contributed by atoms with van der Waals surface area (Å²) in [6, 6.07) is 5.02. The molecular weight excluding hydrogens is 353 g/mol. The van der Waals surface area contributed by atoms with Gasteiger partial charge in [-0.3, -0.25) is 5.32 Å². The first-order valence-electron chi connectivity index (χ1n) is 7.83. The van der Waals surface area contributed by atoms with Gasteiger partial charge in [0.1, 0.15) is 28.8 Å². The van der Waals surface area contributed by atoms with Crippen LogP contribution in [0.5, 0.6) is 0 Å². The van der Waals surface area contributed by atoms with Crippen LogP contribution in [0.2, 0.25) is 0 Å². The zero-order chi connectivity index (χ0) is 19.7. The van der Waals surface area contributed by atoms with Gasteiger partial charge in [0.15, 0.2) is 5.82 Å². The molecule has 0 unspecified atom stereocenters. The molecule has 0 aliphatic heterocycles. The Balaban J connectivity index is 2.15. The van der Waals surface area contributed by atoms with Gasteiger partial charge in [0.25, 0.3) is 0 Å². The molecule has 1 N–H and O–H groups in total. The molecule has 3 rings (SSSR count). The molecule has 0 saturated heterocycles. The standard InChI is InChI=1S/C17H16FN7O2/c1-9-5-10(7-19)21-15(18)14(9)25(3)12-6-11-13(20-8-24(11)2)16(22-12)23-17(26)27-4/h5-6,8H,1-4H3,(H,22,23,26). The molecule has 0 saturated carbocycles. The fourth-order valence-corrected chi connectivity index (χ4v) is 2.72. The minimum absolute atomic E-state index is 0.00903. The number of aryl methyl sites for hydroxylation is 2. The molecule has 0 radical (unpaired) electrons. The third-order valence-corrected chi connectivity index (χ3v) is 4.04. The van der Waals surface area contributed by atoms with Crippen LogP contribution in [-0.4, -0.2) is 39.8 Å². The molecule has 10 heteroatoms. The van der Waals surface area contributed by atoms with Crippen LogP contribution < -0.4 is 10.2 Å². The molecule has 0 atom stereocenters. The highest BCUT2D eigenvalue weighted by atomic mass is 19.1. The Labute approximate surface area is 154 Å². The highest BCUT2D eigenvalue weighted by Gasteiger charge is 2.20. The molecule has 0 fully saturated rings. The monoisotopic (exact) mass is 369 g/mol. The number of fused-ring (bicyclic) bond motifs is 1. The van der Waals surface area contributed by atoms with E-state index in [1.165, 1.54) is 18.1 Å². The molecule has 0 spiro atoms. The quantitative estimate of drug-likeness (QED) is 0.707. The highest BCUT2D eigenvalue weighted by molar-refractivity contribution is 5.96. The van der Waals surface area contributed by atoms with E-state index < -0.39 is 12.0 Å². The summed E-state index contributed by atoms with van der Waals surface area (Å²) in [7, 11) is 4.64. The minimum atomic E-state index is -0.788. The number of aromatic nitrogens is 4. The molecule has 0 bridgehead atoms. The molecular formula is C17H16FN7O2. The van der Waals surface area contributed by atoms with Gasteiger partial charge >= 0.3 is 6.09 Å². The Kier molecular flexibility index (Phi) is 4.60. The largest absolute Gasteiger partial charge is 0.453 e. The second-order valence-electron chi connectivity index (χ2n) is 5.80. The summed E-state index contributed by atoms with van der Waals surface area (Å²) in [6.45, 7) is 1.67. The second-order valence-corrected chi connectivity index (χ2v) is 5.80. The van der Waals surface area contributed by atoms with Crippen LogP contribution in [0.15, 0.2) is 18.5 Å². The number of nitrogens with one attached hydrogen (secondary N) is 1. The van der Waals surface area contributed by atoms with Crippen molar-refractivity contribution in [1.29, 1.82) is 5.26 Å². The first-order valence-corrected chi connectivity index (χ1v) is 7.83. The van der Waals surface area contributed by atoms with E-state index in [0.29, 0.717) is 22.4 Å². The number of methoxy groups -OCH3 is 1. The van der Waals surface area contributed by atoms with Gasteiger partial charge in [-0.05, 0) is 18.6 Å². The summed E-state index contributed by atoms with van der Waals surface area (Å²) in [5.74, 6) is -0.254. The normalized spacial score (nSPS) is 10.5. The van der Waals surface area contributed by atoms with Crippen molar-refractivity contribution in [2.24, 2.45) is 7.05 Å². The average Bonchev–Trinajstić information content (AvgIpc) is 3.02. The first-order chi connectivity index (χ1) is 12.8. The molecule has 27 heavy (non-hydrogen) atoms. The van der Waals surface area contributed by atoms with Crippen molar-refractivity contribution >= 4 is 34.4 Å². The molecule has 0 aliphatic carbocycles. The van der Waals surface area contributed by atoms with Crippen molar-refractivity contribution in [2.45, 2.75) is 6.92 Å². The van der Waals surface area contributed by atoms with Crippen LogP contribution in [0.25, 0.3) is 11.0 Å². The van der Waals surface area contributed by atoms with Crippen LogP contribution >= 0.6 is 0 Å². The number of anilines is 3. The summed E-state index contributed by atoms with van der Waals surface area (Å²) < 4.78 is 20.9. The van der Waals surface area contributed by atoms with Gasteiger partial charge in [0.2, 0.25) is 5.95 Å². The van der Waals surface area contributed by atoms with Crippen LogP contribution in [-0.2, 0) is 11.8 Å². The molecule has 0 aliphatic rings. The van der Waals surface area contributed by atoms with E-state index in [0.717, 1.165) is 0 Å². The minimum Gasteiger partial charge on any atom is -0.453 e. The third kappa shape index (κ3) is 3.22. The number of rotatable bonds is 3. The van der Waals surface area contributed by atoms with Gasteiger partial charge in [-0.2, -0.15) is 9.65 Å². The summed E-state index contributed by atoms with van der Waals surface area (Å²) >= 11 is 0. The number of hydrogen-bond donors (Lipinski definition) is 1. The summed E-state index contributed by atoms with van der Waals surface area (Å²) in [4.78, 5) is 25.4. The smallest absolute Gasteiger partial charge is 0.412 e. The zero-order valence-electron chi connectivity index (χ0n) is 15.1. The predicted molar refractivity (Wildman–Crippen MR) is 96.2 cm³/mol. The van der Waals surface area contributed by atoms with Crippen molar-refractivity contribution in [1.82, 2.24) is 19.5 Å². The van der Waals surface area contributed by atoms with Gasteiger partial charge < -0.3 is 14.2 Å². The number of pyridine rings is 2. The lowest BCUT2D eigenvalue weighted by Crippen LogP contribution is -2.18. The Hall–Kier alpha value is -3.74. The predicted octanol–water partition coefficient (Wildman–Crippen LogP) is 2.63. The molecule has 3 aromatic rings. The molecule has 9 nitrogen and oxygen atoms in total. The van der Waals surface area contributed by atoms with E-state index in [-0.39, 0.29) is 17.2 Å². The van der Waals surface area contributed by atoms with E-state index in [1.54, 1.807) is 38.0 Å². The SMILES string of the molecule is COC(=O)Nc1nc(N(C)c2c(C)cc(C#N)nc2F)cc2c1ncn2C. The van der Waals surface area contributed by atoms with Crippen LogP contribution in [0.3, 0.4) is 0 Å². The Bertz CT molecular complexity index is 1060. The Morgan fingerprint density at radius 2 is 2.15 bits per heavy atom. The molecule has 0 aromatic carbocycles. The Morgan fingerprint density at radius 1 is 1.41 bits per heavy atom. The van der Waals surface area contributed by atoms with Gasteiger partial charge in [-0.15, -0.1) is 0 Å². The number of halogens is 1. The van der Waals surface area contributed by atoms with Crippen molar-refractivity contribution < 1.29 is 13.9 Å². The fourth-order valence-electron chi connectivity index (χ4n) is 2.72. The molecule has 3 aromatic heterocycles. The van der Waals surface area contributed by atoms with Crippen molar-refractivity contribution in [3.63, 3.8) is 0 Å². The number of carbonyl (C=O) groups excluding carboxylic acids is 1. The summed E-state index contributed by atoms with van der Waals surface area (Å²) in [5.41, 5.74) is 1.83. The van der Waals surface area contributed by atoms with Gasteiger partial charge in [-0.25, -0.2) is 19.7 Å².